The number of primary amides is 1. The highest BCUT2D eigenvalue weighted by molar-refractivity contribution is 6.24. The van der Waals surface area contributed by atoms with Crippen molar-refractivity contribution >= 4 is 23.2 Å². The van der Waals surface area contributed by atoms with Crippen LogP contribution in [0.25, 0.3) is 5.76 Å². The Morgan fingerprint density at radius 3 is 2.43 bits per heavy atom. The molecule has 11 nitrogen and oxygen atoms in total. The smallest absolute Gasteiger partial charge is 0.255 e. The second-order valence-corrected chi connectivity index (χ2v) is 9.53. The van der Waals surface area contributed by atoms with Gasteiger partial charge >= 0.3 is 0 Å². The molecule has 1 unspecified atom stereocenters. The number of hydroxylamine groups is 2. The average Bonchev–Trinajstić information content (AvgIpc) is 2.77. The number of phenols is 1. The topological polar surface area (TPSA) is 174 Å². The van der Waals surface area contributed by atoms with Crippen molar-refractivity contribution in [3.05, 3.63) is 45.7 Å². The van der Waals surface area contributed by atoms with E-state index in [0.29, 0.717) is 12.1 Å². The van der Waals surface area contributed by atoms with Crippen LogP contribution in [0, 0.1) is 11.8 Å². The number of aliphatic hydroxyl groups is 3. The first-order valence-electron chi connectivity index (χ1n) is 11.1. The first kappa shape index (κ1) is 24.9. The number of nitrogens with two attached hydrogens (primary N) is 1. The van der Waals surface area contributed by atoms with Gasteiger partial charge in [-0.15, -0.1) is 0 Å². The lowest BCUT2D eigenvalue weighted by molar-refractivity contribution is -0.153. The number of hydrogen-bond acceptors (Lipinski definition) is 10. The van der Waals surface area contributed by atoms with Crippen LogP contribution in [0.5, 0.6) is 5.75 Å². The summed E-state index contributed by atoms with van der Waals surface area (Å²) in [4.78, 5) is 45.5. The third-order valence-corrected chi connectivity index (χ3v) is 7.41. The zero-order valence-corrected chi connectivity index (χ0v) is 19.9. The molecule has 0 spiro atoms. The van der Waals surface area contributed by atoms with E-state index in [1.165, 1.54) is 18.1 Å². The third kappa shape index (κ3) is 3.46. The summed E-state index contributed by atoms with van der Waals surface area (Å²) >= 11 is 0. The predicted octanol–water partition coefficient (Wildman–Crippen LogP) is -0.0428. The number of carbonyl (C=O) groups is 3. The number of benzene rings is 1. The lowest BCUT2D eigenvalue weighted by Crippen LogP contribution is -2.65. The molecule has 11 heteroatoms. The van der Waals surface area contributed by atoms with Gasteiger partial charge in [0.15, 0.2) is 11.4 Å². The van der Waals surface area contributed by atoms with E-state index in [4.69, 9.17) is 10.6 Å². The molecule has 6 N–H and O–H groups in total. The molecule has 1 aromatic carbocycles. The van der Waals surface area contributed by atoms with Gasteiger partial charge in [0.1, 0.15) is 22.8 Å². The molecule has 4 rings (SSSR count). The number of amides is 1. The molecule has 1 saturated carbocycles. The highest BCUT2D eigenvalue weighted by atomic mass is 16.7. The van der Waals surface area contributed by atoms with Crippen LogP contribution in [-0.2, 0) is 32.2 Å². The largest absolute Gasteiger partial charge is 0.508 e. The number of phenolic OH excluding ortho intramolecular Hbond substituents is 1. The minimum absolute atomic E-state index is 0.0426. The van der Waals surface area contributed by atoms with Gasteiger partial charge in [0.05, 0.1) is 18.7 Å². The van der Waals surface area contributed by atoms with Crippen LogP contribution in [-0.4, -0.2) is 87.8 Å². The molecular formula is C24H29N3O8. The molecule has 1 amide bonds. The van der Waals surface area contributed by atoms with E-state index in [0.717, 1.165) is 5.56 Å². The zero-order valence-electron chi connectivity index (χ0n) is 19.9. The van der Waals surface area contributed by atoms with E-state index in [9.17, 15) is 34.8 Å². The Morgan fingerprint density at radius 2 is 1.86 bits per heavy atom. The number of Topliss-reactive ketones (excluding diaryl/α,β-unsaturated/α-hetero) is 2. The molecule has 0 heterocycles. The molecule has 0 radical (unpaired) electrons. The number of carbonyl (C=O) groups excluding carboxylic acids is 3. The SMILES string of the molecule is CON(C)Cc1ccc(O)c2c1C[C@H]1C[C@H]3C(N(C)C)C(=O)C(C(N)=O)=C(O)[C@@]3(O)C(=O)C1=C2O. The number of rotatable bonds is 5. The number of nitrogens with zero attached hydrogens (tertiary/aromatic N) is 2. The van der Waals surface area contributed by atoms with Crippen LogP contribution in [0.15, 0.2) is 29.0 Å². The number of fused-ring (bicyclic) bond motifs is 3. The normalized spacial score (nSPS) is 28.4. The van der Waals surface area contributed by atoms with Crippen molar-refractivity contribution in [2.45, 2.75) is 31.0 Å². The molecular weight excluding hydrogens is 458 g/mol. The monoisotopic (exact) mass is 487 g/mol. The minimum Gasteiger partial charge on any atom is -0.508 e. The van der Waals surface area contributed by atoms with Gasteiger partial charge in [0.25, 0.3) is 5.91 Å². The van der Waals surface area contributed by atoms with Gasteiger partial charge in [-0.05, 0) is 50.0 Å². The lowest BCUT2D eigenvalue weighted by Gasteiger charge is -2.50. The van der Waals surface area contributed by atoms with Gasteiger partial charge in [-0.3, -0.25) is 19.3 Å². The summed E-state index contributed by atoms with van der Waals surface area (Å²) in [6, 6.07) is 1.98. The molecule has 3 aliphatic carbocycles. The fourth-order valence-electron chi connectivity index (χ4n) is 5.76. The van der Waals surface area contributed by atoms with Crippen LogP contribution in [0.2, 0.25) is 0 Å². The van der Waals surface area contributed by atoms with E-state index < -0.39 is 58.0 Å². The first-order chi connectivity index (χ1) is 16.4. The fraction of sp³-hybridized carbons (Fsp3) is 0.458. The molecule has 1 aromatic rings. The molecule has 4 atom stereocenters. The summed E-state index contributed by atoms with van der Waals surface area (Å²) < 4.78 is 0. The van der Waals surface area contributed by atoms with Crippen LogP contribution in [0.1, 0.15) is 23.1 Å². The van der Waals surface area contributed by atoms with E-state index in [1.54, 1.807) is 32.3 Å². The molecule has 35 heavy (non-hydrogen) atoms. The van der Waals surface area contributed by atoms with Crippen molar-refractivity contribution in [3.8, 4) is 5.75 Å². The van der Waals surface area contributed by atoms with Crippen molar-refractivity contribution in [2.24, 2.45) is 17.6 Å². The van der Waals surface area contributed by atoms with Crippen molar-refractivity contribution in [2.75, 3.05) is 28.3 Å². The van der Waals surface area contributed by atoms with E-state index >= 15 is 0 Å². The maximum Gasteiger partial charge on any atom is 0.255 e. The van der Waals surface area contributed by atoms with E-state index in [-0.39, 0.29) is 29.7 Å². The molecule has 0 bridgehead atoms. The van der Waals surface area contributed by atoms with E-state index in [1.807, 2.05) is 0 Å². The van der Waals surface area contributed by atoms with Gasteiger partial charge in [0.2, 0.25) is 5.78 Å². The first-order valence-corrected chi connectivity index (χ1v) is 11.1. The lowest BCUT2D eigenvalue weighted by atomic mass is 9.57. The summed E-state index contributed by atoms with van der Waals surface area (Å²) in [6.45, 7) is 0.333. The van der Waals surface area contributed by atoms with Crippen LogP contribution in [0.4, 0.5) is 0 Å². The van der Waals surface area contributed by atoms with Gasteiger partial charge < -0.3 is 31.0 Å². The number of aromatic hydroxyl groups is 1. The average molecular weight is 488 g/mol. The Balaban J connectivity index is 1.94. The van der Waals surface area contributed by atoms with Crippen LogP contribution >= 0.6 is 0 Å². The number of likely N-dealkylation sites (N-methyl/N-ethyl adjacent to an activating group) is 1. The van der Waals surface area contributed by atoms with Crippen LogP contribution in [0.3, 0.4) is 0 Å². The van der Waals surface area contributed by atoms with Gasteiger partial charge in [-0.25, -0.2) is 0 Å². The summed E-state index contributed by atoms with van der Waals surface area (Å²) in [5, 5.41) is 45.7. The Morgan fingerprint density at radius 1 is 1.20 bits per heavy atom. The maximum atomic E-state index is 13.8. The Labute approximate surface area is 201 Å². The van der Waals surface area contributed by atoms with Crippen molar-refractivity contribution < 1.29 is 39.6 Å². The molecule has 1 fully saturated rings. The van der Waals surface area contributed by atoms with Crippen molar-refractivity contribution in [1.29, 1.82) is 0 Å². The highest BCUT2D eigenvalue weighted by Crippen LogP contribution is 2.52. The maximum absolute atomic E-state index is 13.8. The Bertz CT molecular complexity index is 1200. The molecule has 0 aromatic heterocycles. The Hall–Kier alpha value is -3.25. The second-order valence-electron chi connectivity index (χ2n) is 9.53. The fourth-order valence-corrected chi connectivity index (χ4v) is 5.76. The van der Waals surface area contributed by atoms with Crippen molar-refractivity contribution in [1.82, 2.24) is 9.96 Å². The minimum atomic E-state index is -2.64. The molecule has 3 aliphatic rings. The standard InChI is InChI=1S/C24H29N3O8/c1-26(2)18-13-8-11-7-12-10(9-27(3)35-4)5-6-14(28)16(12)19(29)15(11)21(31)24(13,34)22(32)17(20(18)30)23(25)33/h5-6,11,13,18,28-29,32,34H,7-9H2,1-4H3,(H2,25,33)/t11-,13-,18?,24-/m0/s1. The van der Waals surface area contributed by atoms with Gasteiger partial charge in [-0.2, -0.15) is 5.06 Å². The van der Waals surface area contributed by atoms with Gasteiger partial charge in [0, 0.05) is 25.1 Å². The summed E-state index contributed by atoms with van der Waals surface area (Å²) in [7, 11) is 6.34. The van der Waals surface area contributed by atoms with Gasteiger partial charge in [-0.1, -0.05) is 6.07 Å². The van der Waals surface area contributed by atoms with Crippen molar-refractivity contribution in [3.63, 3.8) is 0 Å². The highest BCUT2D eigenvalue weighted by Gasteiger charge is 2.64. The number of aliphatic hydroxyl groups excluding tert-OH is 2. The molecule has 0 saturated heterocycles. The summed E-state index contributed by atoms with van der Waals surface area (Å²) in [5.41, 5.74) is 3.09. The number of hydrogen-bond donors (Lipinski definition) is 5. The van der Waals surface area contributed by atoms with Crippen LogP contribution < -0.4 is 5.73 Å². The third-order valence-electron chi connectivity index (χ3n) is 7.41. The summed E-state index contributed by atoms with van der Waals surface area (Å²) in [5.74, 6) is -6.68. The zero-order chi connectivity index (χ0) is 26.0. The molecule has 0 aliphatic heterocycles. The summed E-state index contributed by atoms with van der Waals surface area (Å²) in [6.07, 6.45) is 0.275. The quantitative estimate of drug-likeness (QED) is 0.280. The van der Waals surface area contributed by atoms with E-state index in [2.05, 4.69) is 0 Å². The Kier molecular flexibility index (Phi) is 6.00. The predicted molar refractivity (Wildman–Crippen MR) is 123 cm³/mol. The molecule has 188 valence electrons. The second kappa shape index (κ2) is 8.45. The number of ketones is 2.